The van der Waals surface area contributed by atoms with E-state index in [-0.39, 0.29) is 0 Å². The van der Waals surface area contributed by atoms with E-state index in [1.165, 1.54) is 71.1 Å². The van der Waals surface area contributed by atoms with Crippen LogP contribution in [0.25, 0.3) is 0 Å². The normalized spacial score (nSPS) is 39.5. The van der Waals surface area contributed by atoms with Gasteiger partial charge in [0.1, 0.15) is 0 Å². The van der Waals surface area contributed by atoms with Gasteiger partial charge in [0.25, 0.3) is 0 Å². The first-order valence-electron chi connectivity index (χ1n) is 8.04. The molecule has 0 aromatic heterocycles. The average Bonchev–Trinajstić information content (AvgIpc) is 2.74. The Balaban J connectivity index is 1.64. The third-order valence-electron chi connectivity index (χ3n) is 5.44. The van der Waals surface area contributed by atoms with Crippen molar-refractivity contribution in [1.29, 1.82) is 0 Å². The van der Waals surface area contributed by atoms with Crippen LogP contribution in [0.4, 0.5) is 0 Å². The van der Waals surface area contributed by atoms with Crippen LogP contribution >= 0.6 is 0 Å². The quantitative estimate of drug-likeness (QED) is 0.754. The molecule has 3 aliphatic rings. The van der Waals surface area contributed by atoms with Crippen molar-refractivity contribution < 1.29 is 0 Å². The highest BCUT2D eigenvalue weighted by Crippen LogP contribution is 2.27. The van der Waals surface area contributed by atoms with Crippen molar-refractivity contribution in [3.63, 3.8) is 0 Å². The first-order chi connectivity index (χ1) is 8.88. The van der Waals surface area contributed by atoms with E-state index in [4.69, 9.17) is 0 Å². The fourth-order valence-electron chi connectivity index (χ4n) is 4.38. The molecular formula is C15H29N3. The molecule has 0 radical (unpaired) electrons. The van der Waals surface area contributed by atoms with Crippen LogP contribution in [-0.4, -0.2) is 61.2 Å². The highest BCUT2D eigenvalue weighted by atomic mass is 15.3. The van der Waals surface area contributed by atoms with Crippen molar-refractivity contribution >= 4 is 0 Å². The molecule has 1 saturated carbocycles. The molecular weight excluding hydrogens is 222 g/mol. The lowest BCUT2D eigenvalue weighted by atomic mass is 9.99. The molecule has 2 saturated heterocycles. The maximum Gasteiger partial charge on any atom is 0.0250 e. The van der Waals surface area contributed by atoms with Crippen molar-refractivity contribution in [2.45, 2.75) is 63.1 Å². The van der Waals surface area contributed by atoms with Gasteiger partial charge in [-0.05, 0) is 39.3 Å². The van der Waals surface area contributed by atoms with E-state index in [1.807, 2.05) is 0 Å². The Labute approximate surface area is 112 Å². The molecule has 0 aromatic carbocycles. The zero-order valence-electron chi connectivity index (χ0n) is 11.9. The number of hydrogen-bond donors (Lipinski definition) is 1. The fraction of sp³-hybridized carbons (Fsp3) is 1.00. The number of fused-ring (bicyclic) bond motifs is 1. The van der Waals surface area contributed by atoms with E-state index in [1.54, 1.807) is 0 Å². The second-order valence-electron chi connectivity index (χ2n) is 6.43. The molecule has 0 bridgehead atoms. The van der Waals surface area contributed by atoms with Gasteiger partial charge in [-0.25, -0.2) is 0 Å². The summed E-state index contributed by atoms with van der Waals surface area (Å²) in [5, 5.41) is 3.60. The second kappa shape index (κ2) is 5.89. The Hall–Kier alpha value is -0.120. The van der Waals surface area contributed by atoms with E-state index in [0.717, 1.165) is 18.1 Å². The monoisotopic (exact) mass is 251 g/mol. The maximum absolute atomic E-state index is 3.60. The van der Waals surface area contributed by atoms with E-state index in [9.17, 15) is 0 Å². The van der Waals surface area contributed by atoms with E-state index < -0.39 is 0 Å². The predicted molar refractivity (Wildman–Crippen MR) is 75.9 cm³/mol. The van der Waals surface area contributed by atoms with Gasteiger partial charge in [-0.15, -0.1) is 0 Å². The fourth-order valence-corrected chi connectivity index (χ4v) is 4.38. The summed E-state index contributed by atoms with van der Waals surface area (Å²) < 4.78 is 0. The van der Waals surface area contributed by atoms with Crippen LogP contribution in [0.2, 0.25) is 0 Å². The molecule has 3 rings (SSSR count). The smallest absolute Gasteiger partial charge is 0.0250 e. The minimum Gasteiger partial charge on any atom is -0.315 e. The first kappa shape index (κ1) is 12.9. The molecule has 0 spiro atoms. The van der Waals surface area contributed by atoms with Gasteiger partial charge in [-0.3, -0.25) is 9.80 Å². The molecule has 2 aliphatic heterocycles. The van der Waals surface area contributed by atoms with Gasteiger partial charge in [0, 0.05) is 37.8 Å². The Morgan fingerprint density at radius 3 is 2.56 bits per heavy atom. The summed E-state index contributed by atoms with van der Waals surface area (Å²) >= 11 is 0. The van der Waals surface area contributed by atoms with Crippen LogP contribution in [0, 0.1) is 0 Å². The lowest BCUT2D eigenvalue weighted by Crippen LogP contribution is -2.57. The van der Waals surface area contributed by atoms with Gasteiger partial charge in [-0.2, -0.15) is 0 Å². The molecule has 3 atom stereocenters. The van der Waals surface area contributed by atoms with E-state index in [2.05, 4.69) is 22.2 Å². The SMILES string of the molecule is CNC1CCCCCC1N1CCN2CCCC2C1. The summed E-state index contributed by atoms with van der Waals surface area (Å²) in [5.74, 6) is 0. The molecule has 1 N–H and O–H groups in total. The second-order valence-corrected chi connectivity index (χ2v) is 6.43. The molecule has 3 fully saturated rings. The van der Waals surface area contributed by atoms with Crippen LogP contribution in [-0.2, 0) is 0 Å². The zero-order valence-corrected chi connectivity index (χ0v) is 11.9. The highest BCUT2D eigenvalue weighted by molar-refractivity contribution is 4.93. The van der Waals surface area contributed by atoms with Gasteiger partial charge in [-0.1, -0.05) is 19.3 Å². The Morgan fingerprint density at radius 2 is 1.67 bits per heavy atom. The molecule has 1 aliphatic carbocycles. The largest absolute Gasteiger partial charge is 0.315 e. The van der Waals surface area contributed by atoms with Crippen molar-refractivity contribution in [3.8, 4) is 0 Å². The summed E-state index contributed by atoms with van der Waals surface area (Å²) in [5.41, 5.74) is 0. The van der Waals surface area contributed by atoms with Crippen LogP contribution in [0.15, 0.2) is 0 Å². The number of nitrogens with one attached hydrogen (secondary N) is 1. The van der Waals surface area contributed by atoms with Crippen LogP contribution in [0.5, 0.6) is 0 Å². The van der Waals surface area contributed by atoms with Gasteiger partial charge in [0.15, 0.2) is 0 Å². The average molecular weight is 251 g/mol. The summed E-state index contributed by atoms with van der Waals surface area (Å²) in [6.07, 6.45) is 9.97. The topological polar surface area (TPSA) is 18.5 Å². The highest BCUT2D eigenvalue weighted by Gasteiger charge is 2.35. The number of hydrogen-bond acceptors (Lipinski definition) is 3. The lowest BCUT2D eigenvalue weighted by Gasteiger charge is -2.44. The van der Waals surface area contributed by atoms with E-state index >= 15 is 0 Å². The van der Waals surface area contributed by atoms with Crippen LogP contribution in [0.3, 0.4) is 0 Å². The van der Waals surface area contributed by atoms with Gasteiger partial charge in [0.05, 0.1) is 0 Å². The Bertz CT molecular complexity index is 268. The Morgan fingerprint density at radius 1 is 0.833 bits per heavy atom. The minimum atomic E-state index is 0.737. The molecule has 104 valence electrons. The summed E-state index contributed by atoms with van der Waals surface area (Å²) in [4.78, 5) is 5.54. The summed E-state index contributed by atoms with van der Waals surface area (Å²) in [6, 6.07) is 2.42. The third-order valence-corrected chi connectivity index (χ3v) is 5.44. The minimum absolute atomic E-state index is 0.737. The van der Waals surface area contributed by atoms with Crippen LogP contribution in [0.1, 0.15) is 44.9 Å². The zero-order chi connectivity index (χ0) is 12.4. The number of nitrogens with zero attached hydrogens (tertiary/aromatic N) is 2. The van der Waals surface area contributed by atoms with Crippen LogP contribution < -0.4 is 5.32 Å². The van der Waals surface area contributed by atoms with Gasteiger partial charge in [0.2, 0.25) is 0 Å². The maximum atomic E-state index is 3.60. The van der Waals surface area contributed by atoms with E-state index in [0.29, 0.717) is 0 Å². The Kier molecular flexibility index (Phi) is 4.22. The lowest BCUT2D eigenvalue weighted by molar-refractivity contribution is 0.0548. The van der Waals surface area contributed by atoms with Crippen molar-refractivity contribution in [2.75, 3.05) is 33.2 Å². The number of piperazine rings is 1. The van der Waals surface area contributed by atoms with Crippen molar-refractivity contribution in [1.82, 2.24) is 15.1 Å². The summed E-state index contributed by atoms with van der Waals surface area (Å²) in [7, 11) is 2.16. The standard InChI is InChI=1S/C15H29N3/c1-16-14-7-3-2-4-8-15(14)18-11-10-17-9-5-6-13(17)12-18/h13-16H,2-12H2,1H3. The molecule has 3 heteroatoms. The first-order valence-corrected chi connectivity index (χ1v) is 8.04. The number of rotatable bonds is 2. The van der Waals surface area contributed by atoms with Gasteiger partial charge >= 0.3 is 0 Å². The predicted octanol–water partition coefficient (Wildman–Crippen LogP) is 1.69. The molecule has 18 heavy (non-hydrogen) atoms. The van der Waals surface area contributed by atoms with Gasteiger partial charge < -0.3 is 5.32 Å². The van der Waals surface area contributed by atoms with Crippen molar-refractivity contribution in [3.05, 3.63) is 0 Å². The molecule has 2 heterocycles. The number of likely N-dealkylation sites (N-methyl/N-ethyl adjacent to an activating group) is 1. The molecule has 0 aromatic rings. The molecule has 3 nitrogen and oxygen atoms in total. The van der Waals surface area contributed by atoms with Crippen molar-refractivity contribution in [2.24, 2.45) is 0 Å². The third kappa shape index (κ3) is 2.59. The molecule has 0 amide bonds. The summed E-state index contributed by atoms with van der Waals surface area (Å²) in [6.45, 7) is 5.32. The molecule has 3 unspecified atom stereocenters.